The van der Waals surface area contributed by atoms with Crippen molar-refractivity contribution in [3.05, 3.63) is 29.3 Å². The standard InChI is InChI=1S/C18H23NO5/c1-17(2,22)14-9-11-7-10(5-6-13(11)24-14)8-12-15(20)18(3,23)16(21)19(12)4/h5-7,12,14,22-23H,8-9H2,1-4H3/t12-,14?,18-/m0/s1. The number of likely N-dealkylation sites (tertiary alicyclic amines) is 1. The first-order valence-electron chi connectivity index (χ1n) is 8.06. The molecular weight excluding hydrogens is 310 g/mol. The molecule has 6 nitrogen and oxygen atoms in total. The number of Topliss-reactive ketones (excluding diaryl/α,β-unsaturated/α-hetero) is 1. The van der Waals surface area contributed by atoms with Crippen molar-refractivity contribution < 1.29 is 24.5 Å². The van der Waals surface area contributed by atoms with Crippen molar-refractivity contribution in [3.63, 3.8) is 0 Å². The zero-order valence-corrected chi connectivity index (χ0v) is 14.4. The van der Waals surface area contributed by atoms with E-state index in [1.54, 1.807) is 13.8 Å². The second kappa shape index (κ2) is 5.29. The number of fused-ring (bicyclic) bond motifs is 1. The molecular formula is C18H23NO5. The van der Waals surface area contributed by atoms with Crippen LogP contribution in [0.1, 0.15) is 31.9 Å². The molecule has 1 amide bonds. The fraction of sp³-hybridized carbons (Fsp3) is 0.556. The molecule has 1 aromatic rings. The Balaban J connectivity index is 1.80. The smallest absolute Gasteiger partial charge is 0.262 e. The monoisotopic (exact) mass is 333 g/mol. The minimum absolute atomic E-state index is 0.305. The highest BCUT2D eigenvalue weighted by Gasteiger charge is 2.53. The molecule has 0 spiro atoms. The molecule has 1 aromatic carbocycles. The number of rotatable bonds is 3. The molecule has 2 aliphatic heterocycles. The first kappa shape index (κ1) is 16.9. The Morgan fingerprint density at radius 1 is 1.38 bits per heavy atom. The van der Waals surface area contributed by atoms with Crippen LogP contribution in [0.15, 0.2) is 18.2 Å². The summed E-state index contributed by atoms with van der Waals surface area (Å²) >= 11 is 0. The summed E-state index contributed by atoms with van der Waals surface area (Å²) in [7, 11) is 1.53. The van der Waals surface area contributed by atoms with Crippen LogP contribution in [0.2, 0.25) is 0 Å². The summed E-state index contributed by atoms with van der Waals surface area (Å²) in [5.74, 6) is -0.301. The normalized spacial score (nSPS) is 29.8. The molecule has 0 aliphatic carbocycles. The molecule has 6 heteroatoms. The van der Waals surface area contributed by atoms with Crippen molar-refractivity contribution in [3.8, 4) is 5.75 Å². The fourth-order valence-electron chi connectivity index (χ4n) is 3.37. The van der Waals surface area contributed by atoms with Gasteiger partial charge >= 0.3 is 0 Å². The molecule has 2 N–H and O–H groups in total. The number of carbonyl (C=O) groups excluding carboxylic acids is 2. The Kier molecular flexibility index (Phi) is 3.73. The molecule has 2 aliphatic rings. The predicted molar refractivity (Wildman–Crippen MR) is 86.8 cm³/mol. The maximum Gasteiger partial charge on any atom is 0.262 e. The first-order chi connectivity index (χ1) is 11.0. The van der Waals surface area contributed by atoms with Gasteiger partial charge < -0.3 is 19.8 Å². The average molecular weight is 333 g/mol. The molecule has 1 unspecified atom stereocenters. The summed E-state index contributed by atoms with van der Waals surface area (Å²) in [6, 6.07) is 4.96. The Labute approximate surface area is 141 Å². The molecule has 0 bridgehead atoms. The molecule has 0 saturated carbocycles. The Morgan fingerprint density at radius 3 is 2.58 bits per heavy atom. The van der Waals surface area contributed by atoms with E-state index >= 15 is 0 Å². The second-order valence-electron chi connectivity index (χ2n) is 7.48. The average Bonchev–Trinajstić information content (AvgIpc) is 2.98. The highest BCUT2D eigenvalue weighted by Crippen LogP contribution is 2.34. The molecule has 130 valence electrons. The lowest BCUT2D eigenvalue weighted by atomic mass is 9.93. The van der Waals surface area contributed by atoms with Crippen LogP contribution in [0.4, 0.5) is 0 Å². The Hall–Kier alpha value is -1.92. The van der Waals surface area contributed by atoms with Gasteiger partial charge in [-0.1, -0.05) is 12.1 Å². The summed E-state index contributed by atoms with van der Waals surface area (Å²) < 4.78 is 5.77. The van der Waals surface area contributed by atoms with Gasteiger partial charge in [-0.15, -0.1) is 0 Å². The third kappa shape index (κ3) is 2.59. The van der Waals surface area contributed by atoms with Crippen molar-refractivity contribution in [2.45, 2.75) is 57.0 Å². The van der Waals surface area contributed by atoms with E-state index in [9.17, 15) is 19.8 Å². The van der Waals surface area contributed by atoms with Gasteiger partial charge in [0.25, 0.3) is 5.91 Å². The highest BCUT2D eigenvalue weighted by atomic mass is 16.5. The second-order valence-corrected chi connectivity index (χ2v) is 7.48. The van der Waals surface area contributed by atoms with Gasteiger partial charge in [0.1, 0.15) is 11.9 Å². The lowest BCUT2D eigenvalue weighted by Crippen LogP contribution is -2.39. The molecule has 3 rings (SSSR count). The first-order valence-corrected chi connectivity index (χ1v) is 8.06. The summed E-state index contributed by atoms with van der Waals surface area (Å²) in [6.07, 6.45) is 0.635. The summed E-state index contributed by atoms with van der Waals surface area (Å²) in [4.78, 5) is 25.6. The highest BCUT2D eigenvalue weighted by molar-refractivity contribution is 6.16. The van der Waals surface area contributed by atoms with Gasteiger partial charge in [-0.2, -0.15) is 0 Å². The van der Waals surface area contributed by atoms with E-state index < -0.39 is 28.9 Å². The van der Waals surface area contributed by atoms with Crippen LogP contribution >= 0.6 is 0 Å². The number of aliphatic hydroxyl groups is 2. The molecule has 1 fully saturated rings. The van der Waals surface area contributed by atoms with E-state index in [2.05, 4.69) is 0 Å². The van der Waals surface area contributed by atoms with Crippen molar-refractivity contribution >= 4 is 11.7 Å². The number of hydrogen-bond acceptors (Lipinski definition) is 5. The Morgan fingerprint density at radius 2 is 2.04 bits per heavy atom. The van der Waals surface area contributed by atoms with Crippen LogP contribution in [-0.2, 0) is 22.4 Å². The summed E-state index contributed by atoms with van der Waals surface area (Å²) in [5.41, 5.74) is -1.01. The van der Waals surface area contributed by atoms with Gasteiger partial charge in [-0.25, -0.2) is 0 Å². The van der Waals surface area contributed by atoms with Gasteiger partial charge in [-0.05, 0) is 38.0 Å². The number of benzene rings is 1. The zero-order chi connectivity index (χ0) is 17.9. The van der Waals surface area contributed by atoms with Gasteiger partial charge in [0.05, 0.1) is 11.6 Å². The van der Waals surface area contributed by atoms with Gasteiger partial charge in [-0.3, -0.25) is 9.59 Å². The largest absolute Gasteiger partial charge is 0.487 e. The van der Waals surface area contributed by atoms with E-state index in [0.29, 0.717) is 12.8 Å². The predicted octanol–water partition coefficient (Wildman–Crippen LogP) is 0.464. The molecule has 24 heavy (non-hydrogen) atoms. The van der Waals surface area contributed by atoms with Crippen LogP contribution in [0.3, 0.4) is 0 Å². The number of amides is 1. The molecule has 2 heterocycles. The van der Waals surface area contributed by atoms with E-state index in [1.807, 2.05) is 18.2 Å². The molecule has 3 atom stereocenters. The quantitative estimate of drug-likeness (QED) is 0.785. The van der Waals surface area contributed by atoms with Gasteiger partial charge in [0.15, 0.2) is 5.78 Å². The number of carbonyl (C=O) groups is 2. The summed E-state index contributed by atoms with van der Waals surface area (Å²) in [6.45, 7) is 4.67. The van der Waals surface area contributed by atoms with Crippen molar-refractivity contribution in [2.75, 3.05) is 7.05 Å². The third-order valence-corrected chi connectivity index (χ3v) is 5.00. The number of ketones is 1. The van der Waals surface area contributed by atoms with Crippen LogP contribution in [0.25, 0.3) is 0 Å². The Bertz CT molecular complexity index is 704. The SMILES string of the molecule is CN1C(=O)[C@@](C)(O)C(=O)[C@@H]1Cc1ccc2c(c1)CC(C(C)(C)O)O2. The van der Waals surface area contributed by atoms with E-state index in [-0.39, 0.29) is 6.10 Å². The van der Waals surface area contributed by atoms with E-state index in [1.165, 1.54) is 18.9 Å². The van der Waals surface area contributed by atoms with E-state index in [4.69, 9.17) is 4.74 Å². The van der Waals surface area contributed by atoms with Gasteiger partial charge in [0, 0.05) is 19.9 Å². The maximum absolute atomic E-state index is 12.3. The fourth-order valence-corrected chi connectivity index (χ4v) is 3.37. The van der Waals surface area contributed by atoms with Crippen LogP contribution < -0.4 is 4.74 Å². The van der Waals surface area contributed by atoms with Gasteiger partial charge in [0.2, 0.25) is 5.60 Å². The van der Waals surface area contributed by atoms with Crippen molar-refractivity contribution in [1.29, 1.82) is 0 Å². The zero-order valence-electron chi connectivity index (χ0n) is 14.4. The van der Waals surface area contributed by atoms with Crippen LogP contribution in [-0.4, -0.2) is 57.2 Å². The van der Waals surface area contributed by atoms with Crippen LogP contribution in [0.5, 0.6) is 5.75 Å². The van der Waals surface area contributed by atoms with Crippen LogP contribution in [0, 0.1) is 0 Å². The topological polar surface area (TPSA) is 87.1 Å². The van der Waals surface area contributed by atoms with Crippen molar-refractivity contribution in [1.82, 2.24) is 4.90 Å². The number of nitrogens with zero attached hydrogens (tertiary/aromatic N) is 1. The number of likely N-dealkylation sites (N-methyl/N-ethyl adjacent to an activating group) is 1. The third-order valence-electron chi connectivity index (χ3n) is 5.00. The molecule has 0 aromatic heterocycles. The lowest BCUT2D eigenvalue weighted by Gasteiger charge is -2.24. The maximum atomic E-state index is 12.3. The number of hydrogen-bond donors (Lipinski definition) is 2. The minimum atomic E-state index is -1.94. The minimum Gasteiger partial charge on any atom is -0.487 e. The summed E-state index contributed by atoms with van der Waals surface area (Å²) in [5, 5.41) is 20.1. The van der Waals surface area contributed by atoms with E-state index in [0.717, 1.165) is 16.9 Å². The molecule has 1 saturated heterocycles. The lowest BCUT2D eigenvalue weighted by molar-refractivity contribution is -0.146. The van der Waals surface area contributed by atoms with Crippen molar-refractivity contribution in [2.24, 2.45) is 0 Å². The number of ether oxygens (including phenoxy) is 1. The molecule has 0 radical (unpaired) electrons.